The maximum Gasteiger partial charge on any atom is 0.478 e. The number of hydrogen-bond donors (Lipinski definition) is 12. The number of benzene rings is 2. The van der Waals surface area contributed by atoms with Gasteiger partial charge in [0.1, 0.15) is 18.3 Å². The summed E-state index contributed by atoms with van der Waals surface area (Å²) in [5, 5.41) is 22.0. The number of aromatic amines is 2. The number of anilines is 4. The minimum absolute atomic E-state index is 0.0273. The van der Waals surface area contributed by atoms with Crippen LogP contribution in [-0.4, -0.2) is 121 Å². The number of imidazole rings is 2. The summed E-state index contributed by atoms with van der Waals surface area (Å²) in [7, 11) is -19.1. The second kappa shape index (κ2) is 21.9. The Balaban J connectivity index is 0.000000221. The number of esters is 2. The molecule has 4 unspecified atom stereocenters. The highest BCUT2D eigenvalue weighted by atomic mass is 31.3. The Morgan fingerprint density at radius 1 is 0.658 bits per heavy atom. The number of aliphatic hydroxyl groups is 2. The van der Waals surface area contributed by atoms with Crippen LogP contribution in [0.5, 0.6) is 0 Å². The number of nitrogen functional groups attached to an aromatic ring is 4. The number of carbonyl (C=O) groups is 2. The largest absolute Gasteiger partial charge is 0.756 e. The molecule has 412 valence electrons. The summed E-state index contributed by atoms with van der Waals surface area (Å²) in [6.07, 6.45) is -9.79. The first-order chi connectivity index (χ1) is 35.3. The van der Waals surface area contributed by atoms with E-state index >= 15 is 0 Å². The number of phosphoric ester groups is 2. The molecule has 12 atom stereocenters. The molecule has 6 aromatic rings. The third-order valence-electron chi connectivity index (χ3n) is 10.8. The van der Waals surface area contributed by atoms with Crippen LogP contribution in [0.2, 0.25) is 0 Å². The van der Waals surface area contributed by atoms with E-state index in [4.69, 9.17) is 51.7 Å². The summed E-state index contributed by atoms with van der Waals surface area (Å²) in [5.74, 6) is -2.46. The molecule has 6 heterocycles. The molecule has 0 spiro atoms. The lowest BCUT2D eigenvalue weighted by Gasteiger charge is -2.23. The number of hydrogen-bond acceptors (Lipinski definition) is 26. The molecule has 0 bridgehead atoms. The predicted molar refractivity (Wildman–Crippen MR) is 245 cm³/mol. The highest BCUT2D eigenvalue weighted by Gasteiger charge is 2.53. The number of aromatic nitrogens is 8. The Kier molecular flexibility index (Phi) is 16.6. The number of nitrogens with one attached hydrogen (secondary N) is 2. The van der Waals surface area contributed by atoms with Gasteiger partial charge in [0.15, 0.2) is 31.0 Å². The highest BCUT2D eigenvalue weighted by molar-refractivity contribution is 7.60. The summed E-state index contributed by atoms with van der Waals surface area (Å²) in [5.41, 5.74) is 21.8. The van der Waals surface area contributed by atoms with E-state index in [2.05, 4.69) is 37.6 Å². The molecule has 8 rings (SSSR count). The minimum Gasteiger partial charge on any atom is -0.756 e. The van der Waals surface area contributed by atoms with Gasteiger partial charge in [-0.15, -0.1) is 0 Å². The molecular formula is C36H44N12O24P4. The van der Waals surface area contributed by atoms with E-state index in [-0.39, 0.29) is 56.7 Å². The van der Waals surface area contributed by atoms with Crippen LogP contribution in [0, 0.1) is 0 Å². The number of aliphatic hydroxyl groups excluding tert-OH is 2. The summed E-state index contributed by atoms with van der Waals surface area (Å²) < 4.78 is 89.4. The average Bonchev–Trinajstić information content (AvgIpc) is 4.00. The fraction of sp³-hybridized carbons (Fsp3) is 0.333. The molecule has 2 aromatic carbocycles. The lowest BCUT2D eigenvalue weighted by atomic mass is 10.1. The van der Waals surface area contributed by atoms with Crippen LogP contribution < -0.4 is 53.0 Å². The van der Waals surface area contributed by atoms with Crippen molar-refractivity contribution >= 4 is 88.8 Å². The van der Waals surface area contributed by atoms with Crippen LogP contribution in [0.15, 0.2) is 70.8 Å². The van der Waals surface area contributed by atoms with Crippen molar-refractivity contribution in [1.82, 2.24) is 29.1 Å². The first-order valence-corrected chi connectivity index (χ1v) is 27.1. The third kappa shape index (κ3) is 13.1. The van der Waals surface area contributed by atoms with Gasteiger partial charge in [0, 0.05) is 11.4 Å². The van der Waals surface area contributed by atoms with Crippen molar-refractivity contribution < 1.29 is 113 Å². The Hall–Kier alpha value is -6.36. The number of fused-ring (bicyclic) bond motifs is 2. The molecular weight excluding hydrogens is 1110 g/mol. The number of H-pyrrole nitrogens is 2. The zero-order valence-electron chi connectivity index (χ0n) is 38.6. The first kappa shape index (κ1) is 57.3. The monoisotopic (exact) mass is 1150 g/mol. The molecule has 2 fully saturated rings. The minimum atomic E-state index is -5.68. The maximum atomic E-state index is 12.9. The predicted octanol–water partition coefficient (Wildman–Crippen LogP) is -4.42. The van der Waals surface area contributed by atoms with Crippen LogP contribution in [0.25, 0.3) is 22.3 Å². The summed E-state index contributed by atoms with van der Waals surface area (Å²) in [6, 6.07) is 11.8. The summed E-state index contributed by atoms with van der Waals surface area (Å²) in [6.45, 7) is -1.93. The van der Waals surface area contributed by atoms with E-state index in [9.17, 15) is 67.2 Å². The molecule has 2 saturated heterocycles. The van der Waals surface area contributed by atoms with Gasteiger partial charge in [0.05, 0.1) is 38.4 Å². The van der Waals surface area contributed by atoms with Gasteiger partial charge in [-0.3, -0.25) is 46.9 Å². The highest BCUT2D eigenvalue weighted by Crippen LogP contribution is 2.57. The van der Waals surface area contributed by atoms with E-state index < -0.39 is 117 Å². The molecule has 76 heavy (non-hydrogen) atoms. The normalized spacial score (nSPS) is 24.7. The lowest BCUT2D eigenvalue weighted by molar-refractivity contribution is -0.746. The second-order valence-corrected chi connectivity index (χ2v) is 21.7. The average molecular weight is 1150 g/mol. The van der Waals surface area contributed by atoms with Gasteiger partial charge in [-0.2, -0.15) is 0 Å². The number of aryl methyl sites for hydroxylation is 2. The fourth-order valence-corrected chi connectivity index (χ4v) is 10.9. The zero-order chi connectivity index (χ0) is 56.0. The Morgan fingerprint density at radius 3 is 1.49 bits per heavy atom. The lowest BCUT2D eigenvalue weighted by Crippen LogP contribution is -2.48. The number of nitrogens with two attached hydrogens (primary N) is 4. The molecule has 2 aliphatic rings. The quantitative estimate of drug-likeness (QED) is 0.0188. The molecule has 0 saturated carbocycles. The van der Waals surface area contributed by atoms with Gasteiger partial charge < -0.3 is 81.5 Å². The van der Waals surface area contributed by atoms with Crippen molar-refractivity contribution in [2.24, 2.45) is 14.1 Å². The van der Waals surface area contributed by atoms with Crippen molar-refractivity contribution in [3.63, 3.8) is 0 Å². The van der Waals surface area contributed by atoms with Gasteiger partial charge in [-0.25, -0.2) is 36.5 Å². The van der Waals surface area contributed by atoms with Gasteiger partial charge >= 0.3 is 38.9 Å². The van der Waals surface area contributed by atoms with Crippen LogP contribution in [0.1, 0.15) is 33.2 Å². The standard InChI is InChI=1S/2C18H22N6O12P2/c1-23-7-24(14-11(23)15(26)22-18(20)21-14)16-12(25)13(35-17(27)8-4-2-3-5-9(8)19)10(34-16)6-33-38(31,32)36-37(28,29)30;1-23-7-24(14-11(23)15(26)22-18(20)21-14)16-13(35-17(27)8-4-2-3-5-9(8)19)12(25)10(34-16)6-33-38(31,32)36-37(28,29)30/h2*2-5,7,10,12-13,16,25H,6H2,1H3,(H7-,19,20,21,22,26,27,28,29,30,31,32)/t2*10-,12-,13-,16-/m11/s1. The van der Waals surface area contributed by atoms with Gasteiger partial charge in [-0.05, 0) is 24.3 Å². The topological polar surface area (TPSA) is 557 Å². The molecule has 0 amide bonds. The van der Waals surface area contributed by atoms with E-state index in [1.165, 1.54) is 81.4 Å². The van der Waals surface area contributed by atoms with Crippen molar-refractivity contribution in [3.8, 4) is 0 Å². The van der Waals surface area contributed by atoms with E-state index in [1.807, 2.05) is 0 Å². The zero-order valence-corrected chi connectivity index (χ0v) is 42.2. The summed E-state index contributed by atoms with van der Waals surface area (Å²) in [4.78, 5) is 121. The van der Waals surface area contributed by atoms with Crippen LogP contribution in [0.3, 0.4) is 0 Å². The van der Waals surface area contributed by atoms with Crippen molar-refractivity contribution in [3.05, 3.63) is 93.0 Å². The molecule has 0 aliphatic carbocycles. The van der Waals surface area contributed by atoms with Crippen LogP contribution >= 0.6 is 31.3 Å². The van der Waals surface area contributed by atoms with Crippen LogP contribution in [0.4, 0.5) is 23.3 Å². The number of nitrogens with zero attached hydrogens (tertiary/aromatic N) is 6. The molecule has 2 aliphatic heterocycles. The van der Waals surface area contributed by atoms with E-state index in [0.29, 0.717) is 0 Å². The third-order valence-corrected chi connectivity index (χ3v) is 15.1. The van der Waals surface area contributed by atoms with E-state index in [0.717, 1.165) is 0 Å². The number of rotatable bonds is 16. The van der Waals surface area contributed by atoms with Crippen LogP contribution in [-0.2, 0) is 69.0 Å². The van der Waals surface area contributed by atoms with E-state index in [1.54, 1.807) is 12.1 Å². The summed E-state index contributed by atoms with van der Waals surface area (Å²) >= 11 is 0. The first-order valence-electron chi connectivity index (χ1n) is 21.1. The van der Waals surface area contributed by atoms with Gasteiger partial charge in [-0.1, -0.05) is 34.2 Å². The fourth-order valence-electron chi connectivity index (χ4n) is 7.73. The number of para-hydroxylation sites is 2. The van der Waals surface area contributed by atoms with Crippen molar-refractivity contribution in [2.75, 3.05) is 36.1 Å². The van der Waals surface area contributed by atoms with Crippen molar-refractivity contribution in [2.45, 2.75) is 49.1 Å². The molecule has 0 radical (unpaired) electrons. The van der Waals surface area contributed by atoms with Crippen molar-refractivity contribution in [1.29, 1.82) is 0 Å². The number of carbonyl (C=O) groups excluding carboxylic acids is 2. The SMILES string of the molecule is Cn1c[n+]([C@@H]2O[C@H](COP(=O)(O)OP(=O)([O-])O)[C@@H](O)[C@H]2OC(=O)c2ccccc2N)c2nc(N)[nH]c(=O)c21.Cn1c[n+]([C@@H]2O[C@H](COP(=O)(O)OP(=O)([O-])O)[C@@H](OC(=O)c3ccccc3N)[C@H]2O)c2nc(N)[nH]c(=O)c21. The smallest absolute Gasteiger partial charge is 0.478 e. The molecule has 36 nitrogen and oxygen atoms in total. The Bertz CT molecular complexity index is 3530. The van der Waals surface area contributed by atoms with Gasteiger partial charge in [0.25, 0.3) is 38.7 Å². The Labute approximate surface area is 422 Å². The molecule has 16 N–H and O–H groups in total. The molecule has 40 heteroatoms. The molecule has 4 aromatic heterocycles. The second-order valence-electron chi connectivity index (χ2n) is 16.2. The number of ether oxygens (including phenoxy) is 4. The van der Waals surface area contributed by atoms with Gasteiger partial charge in [0.2, 0.25) is 23.5 Å². The maximum absolute atomic E-state index is 12.9. The number of phosphoric acid groups is 4. The Morgan fingerprint density at radius 2 is 1.05 bits per heavy atom.